The van der Waals surface area contributed by atoms with Crippen LogP contribution in [0.25, 0.3) is 10.9 Å². The lowest BCUT2D eigenvalue weighted by Gasteiger charge is -2.31. The number of pyridine rings is 1. The van der Waals surface area contributed by atoms with Gasteiger partial charge in [0.25, 0.3) is 5.91 Å². The highest BCUT2D eigenvalue weighted by Crippen LogP contribution is 2.22. The number of carbonyl (C=O) groups is 2. The zero-order valence-corrected chi connectivity index (χ0v) is 12.4. The molecule has 5 heteroatoms. The Balaban J connectivity index is 1.69. The molecule has 0 aliphatic carbocycles. The lowest BCUT2D eigenvalue weighted by molar-refractivity contribution is -0.119. The Labute approximate surface area is 129 Å². The molecule has 1 aromatic heterocycles. The topological polar surface area (TPSA) is 76.3 Å². The van der Waals surface area contributed by atoms with Gasteiger partial charge in [-0.3, -0.25) is 9.59 Å². The molecular weight excluding hydrogens is 278 g/mol. The lowest BCUT2D eigenvalue weighted by atomic mass is 9.93. The Kier molecular flexibility index (Phi) is 4.04. The average molecular weight is 297 g/mol. The van der Waals surface area contributed by atoms with Crippen LogP contribution in [0.2, 0.25) is 0 Å². The van der Waals surface area contributed by atoms with Gasteiger partial charge in [0, 0.05) is 24.9 Å². The molecule has 2 amide bonds. The summed E-state index contributed by atoms with van der Waals surface area (Å²) in [5, 5.41) is 1.03. The van der Waals surface area contributed by atoms with Gasteiger partial charge >= 0.3 is 0 Å². The summed E-state index contributed by atoms with van der Waals surface area (Å²) in [7, 11) is 0. The number of hydrogen-bond donors (Lipinski definition) is 1. The molecule has 0 spiro atoms. The molecule has 2 N–H and O–H groups in total. The second-order valence-corrected chi connectivity index (χ2v) is 5.80. The van der Waals surface area contributed by atoms with Gasteiger partial charge in [0.1, 0.15) is 5.69 Å². The third kappa shape index (κ3) is 3.08. The number of fused-ring (bicyclic) bond motifs is 1. The molecule has 0 saturated carbocycles. The molecule has 1 aromatic carbocycles. The summed E-state index contributed by atoms with van der Waals surface area (Å²) in [6.45, 7) is 1.32. The van der Waals surface area contributed by atoms with E-state index in [9.17, 15) is 9.59 Å². The molecule has 1 aliphatic heterocycles. The van der Waals surface area contributed by atoms with Crippen molar-refractivity contribution in [2.45, 2.75) is 19.3 Å². The van der Waals surface area contributed by atoms with Gasteiger partial charge in [0.05, 0.1) is 5.52 Å². The molecule has 3 rings (SSSR count). The molecule has 1 saturated heterocycles. The minimum atomic E-state index is -0.263. The van der Waals surface area contributed by atoms with E-state index in [1.807, 2.05) is 35.2 Å². The summed E-state index contributed by atoms with van der Waals surface area (Å²) in [5.74, 6) is -0.00429. The number of nitrogens with zero attached hydrogens (tertiary/aromatic N) is 2. The molecule has 0 radical (unpaired) electrons. The number of hydrogen-bond acceptors (Lipinski definition) is 3. The van der Waals surface area contributed by atoms with E-state index in [-0.39, 0.29) is 11.8 Å². The monoisotopic (exact) mass is 297 g/mol. The van der Waals surface area contributed by atoms with E-state index < -0.39 is 0 Å². The van der Waals surface area contributed by atoms with Crippen molar-refractivity contribution in [2.24, 2.45) is 11.7 Å². The van der Waals surface area contributed by atoms with Crippen LogP contribution in [0, 0.1) is 5.92 Å². The van der Waals surface area contributed by atoms with E-state index in [2.05, 4.69) is 4.98 Å². The molecule has 22 heavy (non-hydrogen) atoms. The molecule has 114 valence electrons. The Bertz CT molecular complexity index is 706. The molecule has 2 heterocycles. The smallest absolute Gasteiger partial charge is 0.272 e. The number of benzene rings is 1. The number of primary amides is 1. The first-order valence-corrected chi connectivity index (χ1v) is 7.57. The van der Waals surface area contributed by atoms with E-state index in [0.29, 0.717) is 31.1 Å². The van der Waals surface area contributed by atoms with Crippen molar-refractivity contribution in [3.05, 3.63) is 42.1 Å². The summed E-state index contributed by atoms with van der Waals surface area (Å²) in [4.78, 5) is 29.8. The predicted octanol–water partition coefficient (Wildman–Crippen LogP) is 1.96. The first-order valence-electron chi connectivity index (χ1n) is 7.57. The van der Waals surface area contributed by atoms with Gasteiger partial charge in [-0.15, -0.1) is 0 Å². The Hall–Kier alpha value is -2.43. The van der Waals surface area contributed by atoms with Crippen molar-refractivity contribution < 1.29 is 9.59 Å². The van der Waals surface area contributed by atoms with Crippen LogP contribution in [-0.2, 0) is 4.79 Å². The summed E-state index contributed by atoms with van der Waals surface area (Å²) in [5.41, 5.74) is 6.54. The fraction of sp³-hybridized carbons (Fsp3) is 0.353. The number of aromatic nitrogens is 1. The number of rotatable bonds is 3. The fourth-order valence-electron chi connectivity index (χ4n) is 2.97. The van der Waals surface area contributed by atoms with Crippen molar-refractivity contribution in [1.29, 1.82) is 0 Å². The van der Waals surface area contributed by atoms with Crippen LogP contribution in [-0.4, -0.2) is 34.8 Å². The van der Waals surface area contributed by atoms with E-state index in [1.165, 1.54) is 0 Å². The highest BCUT2D eigenvalue weighted by atomic mass is 16.2. The minimum absolute atomic E-state index is 0.0386. The van der Waals surface area contributed by atoms with Gasteiger partial charge in [-0.25, -0.2) is 4.98 Å². The van der Waals surface area contributed by atoms with E-state index in [0.717, 1.165) is 23.7 Å². The van der Waals surface area contributed by atoms with Crippen molar-refractivity contribution in [1.82, 2.24) is 9.88 Å². The van der Waals surface area contributed by atoms with Gasteiger partial charge in [0.15, 0.2) is 0 Å². The minimum Gasteiger partial charge on any atom is -0.370 e. The number of carbonyl (C=O) groups excluding carboxylic acids is 2. The molecule has 1 fully saturated rings. The quantitative estimate of drug-likeness (QED) is 0.941. The van der Waals surface area contributed by atoms with E-state index >= 15 is 0 Å². The first kappa shape index (κ1) is 14.5. The number of piperidine rings is 1. The summed E-state index contributed by atoms with van der Waals surface area (Å²) in [6, 6.07) is 11.5. The summed E-state index contributed by atoms with van der Waals surface area (Å²) in [6.07, 6.45) is 2.06. The fourth-order valence-corrected chi connectivity index (χ4v) is 2.97. The van der Waals surface area contributed by atoms with E-state index in [4.69, 9.17) is 5.73 Å². The molecule has 2 aromatic rings. The number of nitrogens with two attached hydrogens (primary N) is 1. The maximum Gasteiger partial charge on any atom is 0.272 e. The van der Waals surface area contributed by atoms with Crippen LogP contribution in [0.15, 0.2) is 36.4 Å². The number of likely N-dealkylation sites (tertiary alicyclic amines) is 1. The van der Waals surface area contributed by atoms with Crippen LogP contribution in [0.5, 0.6) is 0 Å². The molecule has 0 unspecified atom stereocenters. The second-order valence-electron chi connectivity index (χ2n) is 5.80. The Morgan fingerprint density at radius 1 is 1.14 bits per heavy atom. The first-order chi connectivity index (χ1) is 10.6. The third-order valence-electron chi connectivity index (χ3n) is 4.21. The average Bonchev–Trinajstić information content (AvgIpc) is 2.54. The van der Waals surface area contributed by atoms with Crippen molar-refractivity contribution in [3.63, 3.8) is 0 Å². The van der Waals surface area contributed by atoms with Crippen LogP contribution >= 0.6 is 0 Å². The third-order valence-corrected chi connectivity index (χ3v) is 4.21. The number of para-hydroxylation sites is 1. The molecule has 1 aliphatic rings. The zero-order valence-electron chi connectivity index (χ0n) is 12.4. The van der Waals surface area contributed by atoms with Gasteiger partial charge < -0.3 is 10.6 Å². The second kappa shape index (κ2) is 6.13. The highest BCUT2D eigenvalue weighted by Gasteiger charge is 2.25. The molecule has 5 nitrogen and oxygen atoms in total. The summed E-state index contributed by atoms with van der Waals surface area (Å²) < 4.78 is 0. The van der Waals surface area contributed by atoms with Gasteiger partial charge in [-0.05, 0) is 30.9 Å². The Morgan fingerprint density at radius 3 is 2.59 bits per heavy atom. The highest BCUT2D eigenvalue weighted by molar-refractivity contribution is 5.95. The molecule has 0 bridgehead atoms. The van der Waals surface area contributed by atoms with Crippen LogP contribution in [0.4, 0.5) is 0 Å². The van der Waals surface area contributed by atoms with Gasteiger partial charge in [0.2, 0.25) is 5.91 Å². The molecular formula is C17H19N3O2. The maximum atomic E-state index is 12.5. The SMILES string of the molecule is NC(=O)CC1CCN(C(=O)c2ccc3ccccc3n2)CC1. The van der Waals surface area contributed by atoms with Crippen LogP contribution < -0.4 is 5.73 Å². The van der Waals surface area contributed by atoms with Crippen LogP contribution in [0.1, 0.15) is 29.8 Å². The summed E-state index contributed by atoms with van der Waals surface area (Å²) >= 11 is 0. The predicted molar refractivity (Wildman–Crippen MR) is 84.2 cm³/mol. The van der Waals surface area contributed by atoms with Gasteiger partial charge in [-0.1, -0.05) is 24.3 Å². The van der Waals surface area contributed by atoms with E-state index in [1.54, 1.807) is 6.07 Å². The largest absolute Gasteiger partial charge is 0.370 e. The maximum absolute atomic E-state index is 12.5. The number of amides is 2. The lowest BCUT2D eigenvalue weighted by Crippen LogP contribution is -2.39. The molecule has 0 atom stereocenters. The van der Waals surface area contributed by atoms with Crippen molar-refractivity contribution in [2.75, 3.05) is 13.1 Å². The Morgan fingerprint density at radius 2 is 1.86 bits per heavy atom. The van der Waals surface area contributed by atoms with Gasteiger partial charge in [-0.2, -0.15) is 0 Å². The van der Waals surface area contributed by atoms with Crippen molar-refractivity contribution >= 4 is 22.7 Å². The van der Waals surface area contributed by atoms with Crippen molar-refractivity contribution in [3.8, 4) is 0 Å². The zero-order chi connectivity index (χ0) is 15.5. The standard InChI is InChI=1S/C17H19N3O2/c18-16(21)11-12-7-9-20(10-8-12)17(22)15-6-5-13-3-1-2-4-14(13)19-15/h1-6,12H,7-11H2,(H2,18,21). The normalized spacial score (nSPS) is 15.9. The van der Waals surface area contributed by atoms with Crippen LogP contribution in [0.3, 0.4) is 0 Å².